The van der Waals surface area contributed by atoms with Crippen molar-refractivity contribution < 1.29 is 27.6 Å². The number of nitrogens with zero attached hydrogens (tertiary/aromatic N) is 2. The van der Waals surface area contributed by atoms with Crippen LogP contribution < -0.4 is 4.74 Å². The average Bonchev–Trinajstić information content (AvgIpc) is 3.48. The molecule has 0 saturated carbocycles. The highest BCUT2D eigenvalue weighted by Crippen LogP contribution is 2.33. The van der Waals surface area contributed by atoms with Crippen LogP contribution in [-0.2, 0) is 17.7 Å². The first-order valence-corrected chi connectivity index (χ1v) is 13.7. The maximum atomic E-state index is 14.4. The van der Waals surface area contributed by atoms with Crippen LogP contribution in [-0.4, -0.2) is 42.3 Å². The summed E-state index contributed by atoms with van der Waals surface area (Å²) in [5.74, 6) is 0.929. The van der Waals surface area contributed by atoms with Gasteiger partial charge in [0.2, 0.25) is 0 Å². The quantitative estimate of drug-likeness (QED) is 0.239. The van der Waals surface area contributed by atoms with Crippen molar-refractivity contribution in [2.45, 2.75) is 33.7 Å². The molecule has 0 atom stereocenters. The molecule has 0 aliphatic carbocycles. The number of hydrogen-bond donors (Lipinski definition) is 0. The minimum Gasteiger partial charge on any atom is -0.491 e. The van der Waals surface area contributed by atoms with E-state index in [4.69, 9.17) is 18.4 Å². The van der Waals surface area contributed by atoms with Gasteiger partial charge in [0, 0.05) is 36.0 Å². The summed E-state index contributed by atoms with van der Waals surface area (Å²) in [7, 11) is 0. The van der Waals surface area contributed by atoms with Gasteiger partial charge in [-0.25, -0.2) is 4.39 Å². The second-order valence-electron chi connectivity index (χ2n) is 10.4. The Morgan fingerprint density at radius 2 is 1.78 bits per heavy atom. The van der Waals surface area contributed by atoms with Crippen molar-refractivity contribution in [2.75, 3.05) is 26.4 Å². The Labute approximate surface area is 237 Å². The van der Waals surface area contributed by atoms with Crippen molar-refractivity contribution in [1.29, 1.82) is 0 Å². The van der Waals surface area contributed by atoms with Crippen LogP contribution in [0.4, 0.5) is 4.39 Å². The summed E-state index contributed by atoms with van der Waals surface area (Å²) in [6, 6.07) is 19.0. The Balaban J connectivity index is 1.33. The zero-order valence-electron chi connectivity index (χ0n) is 23.3. The molecule has 1 amide bonds. The first-order valence-electron chi connectivity index (χ1n) is 13.7. The molecule has 7 nitrogen and oxygen atoms in total. The van der Waals surface area contributed by atoms with Gasteiger partial charge in [0.25, 0.3) is 5.91 Å². The van der Waals surface area contributed by atoms with E-state index in [1.807, 2.05) is 38.1 Å². The van der Waals surface area contributed by atoms with Crippen molar-refractivity contribution in [1.82, 2.24) is 10.1 Å². The lowest BCUT2D eigenvalue weighted by Gasteiger charge is -2.23. The number of fused-ring (bicyclic) bond motifs is 4. The molecule has 5 aromatic rings. The predicted molar refractivity (Wildman–Crippen MR) is 153 cm³/mol. The van der Waals surface area contributed by atoms with Crippen molar-refractivity contribution in [3.05, 3.63) is 106 Å². The summed E-state index contributed by atoms with van der Waals surface area (Å²) in [5, 5.41) is 4.71. The molecule has 0 radical (unpaired) electrons. The standard InChI is InChI=1S/C33H31FN2O5/c1-20-27-8-5-9-28(34)32(27)40-31(20)33(37)36-12-13-38-14-15-39-29-11-10-25(30-21(2)35-41-22(30)3)18-26(29)17-23-6-4-7-24(16-23)19-36/h4-11,16,18H,12-15,17,19H2,1-3H3. The smallest absolute Gasteiger partial charge is 0.290 e. The number of amides is 1. The lowest BCUT2D eigenvalue weighted by Crippen LogP contribution is -2.34. The molecule has 1 aliphatic heterocycles. The number of rotatable bonds is 2. The van der Waals surface area contributed by atoms with E-state index in [0.717, 1.165) is 45.0 Å². The third kappa shape index (κ3) is 5.35. The van der Waals surface area contributed by atoms with E-state index in [1.165, 1.54) is 6.07 Å². The maximum Gasteiger partial charge on any atom is 0.290 e. The van der Waals surface area contributed by atoms with E-state index < -0.39 is 5.82 Å². The molecule has 210 valence electrons. The number of carbonyl (C=O) groups is 1. The first kappa shape index (κ1) is 26.8. The van der Waals surface area contributed by atoms with Crippen LogP contribution >= 0.6 is 0 Å². The van der Waals surface area contributed by atoms with Crippen LogP contribution in [0, 0.1) is 26.6 Å². The fraction of sp³-hybridized carbons (Fsp3) is 0.273. The number of hydrogen-bond acceptors (Lipinski definition) is 6. The van der Waals surface area contributed by atoms with Crippen LogP contribution in [0.1, 0.15) is 44.3 Å². The fourth-order valence-electron chi connectivity index (χ4n) is 5.48. The molecule has 0 fully saturated rings. The summed E-state index contributed by atoms with van der Waals surface area (Å²) in [5.41, 5.74) is 6.66. The number of aryl methyl sites for hydroxylation is 3. The minimum atomic E-state index is -0.487. The number of furan rings is 1. The van der Waals surface area contributed by atoms with Crippen LogP contribution in [0.2, 0.25) is 0 Å². The second kappa shape index (κ2) is 11.2. The van der Waals surface area contributed by atoms with Crippen LogP contribution in [0.15, 0.2) is 69.6 Å². The molecule has 8 heteroatoms. The minimum absolute atomic E-state index is 0.0976. The van der Waals surface area contributed by atoms with Gasteiger partial charge in [-0.3, -0.25) is 4.79 Å². The maximum absolute atomic E-state index is 14.4. The van der Waals surface area contributed by atoms with Gasteiger partial charge in [0.15, 0.2) is 17.2 Å². The first-order chi connectivity index (χ1) is 19.9. The molecule has 0 spiro atoms. The highest BCUT2D eigenvalue weighted by Gasteiger charge is 2.25. The zero-order valence-corrected chi connectivity index (χ0v) is 23.3. The second-order valence-corrected chi connectivity index (χ2v) is 10.4. The average molecular weight is 555 g/mol. The number of benzene rings is 3. The van der Waals surface area contributed by atoms with E-state index in [2.05, 4.69) is 23.4 Å². The Kier molecular flexibility index (Phi) is 7.32. The summed E-state index contributed by atoms with van der Waals surface area (Å²) in [6.07, 6.45) is 0.636. The van der Waals surface area contributed by atoms with Gasteiger partial charge in [0.1, 0.15) is 18.1 Å². The highest BCUT2D eigenvalue weighted by atomic mass is 19.1. The third-order valence-corrected chi connectivity index (χ3v) is 7.53. The molecular weight excluding hydrogens is 523 g/mol. The molecule has 6 rings (SSSR count). The van der Waals surface area contributed by atoms with Gasteiger partial charge in [0.05, 0.1) is 18.9 Å². The summed E-state index contributed by atoms with van der Waals surface area (Å²) < 4.78 is 37.6. The highest BCUT2D eigenvalue weighted by molar-refractivity contribution is 5.99. The molecule has 0 N–H and O–H groups in total. The Morgan fingerprint density at radius 3 is 2.59 bits per heavy atom. The summed E-state index contributed by atoms with van der Waals surface area (Å²) >= 11 is 0. The molecule has 0 unspecified atom stereocenters. The molecule has 3 heterocycles. The fourth-order valence-corrected chi connectivity index (χ4v) is 5.48. The van der Waals surface area contributed by atoms with Crippen LogP contribution in [0.25, 0.3) is 22.1 Å². The Morgan fingerprint density at radius 1 is 0.951 bits per heavy atom. The van der Waals surface area contributed by atoms with Gasteiger partial charge >= 0.3 is 0 Å². The number of aromatic nitrogens is 1. The van der Waals surface area contributed by atoms with E-state index in [1.54, 1.807) is 24.0 Å². The van der Waals surface area contributed by atoms with Gasteiger partial charge in [-0.15, -0.1) is 0 Å². The lowest BCUT2D eigenvalue weighted by atomic mass is 9.96. The van der Waals surface area contributed by atoms with E-state index in [-0.39, 0.29) is 17.3 Å². The molecule has 0 saturated heterocycles. The Bertz CT molecular complexity index is 1720. The topological polar surface area (TPSA) is 77.9 Å². The molecule has 2 bridgehead atoms. The van der Waals surface area contributed by atoms with E-state index in [9.17, 15) is 9.18 Å². The zero-order chi connectivity index (χ0) is 28.5. The van der Waals surface area contributed by atoms with Crippen molar-refractivity contribution in [2.24, 2.45) is 0 Å². The van der Waals surface area contributed by atoms with Crippen molar-refractivity contribution in [3.63, 3.8) is 0 Å². The molecular formula is C33H31FN2O5. The number of carbonyl (C=O) groups excluding carboxylic acids is 1. The van der Waals surface area contributed by atoms with E-state index in [0.29, 0.717) is 50.3 Å². The normalized spacial score (nSPS) is 14.4. The summed E-state index contributed by atoms with van der Waals surface area (Å²) in [4.78, 5) is 15.4. The van der Waals surface area contributed by atoms with Gasteiger partial charge < -0.3 is 23.3 Å². The molecule has 41 heavy (non-hydrogen) atoms. The monoisotopic (exact) mass is 554 g/mol. The molecule has 1 aliphatic rings. The van der Waals surface area contributed by atoms with Crippen LogP contribution in [0.3, 0.4) is 0 Å². The lowest BCUT2D eigenvalue weighted by molar-refractivity contribution is 0.0548. The molecule has 3 aromatic carbocycles. The van der Waals surface area contributed by atoms with Crippen LogP contribution in [0.5, 0.6) is 5.75 Å². The number of halogens is 1. The third-order valence-electron chi connectivity index (χ3n) is 7.53. The number of para-hydroxylation sites is 1. The molecule has 2 aromatic heterocycles. The van der Waals surface area contributed by atoms with Gasteiger partial charge in [-0.1, -0.05) is 47.6 Å². The van der Waals surface area contributed by atoms with Gasteiger partial charge in [-0.2, -0.15) is 0 Å². The van der Waals surface area contributed by atoms with Gasteiger partial charge in [-0.05, 0) is 61.2 Å². The Hall–Kier alpha value is -4.43. The number of ether oxygens (including phenoxy) is 2. The van der Waals surface area contributed by atoms with E-state index >= 15 is 0 Å². The largest absolute Gasteiger partial charge is 0.491 e. The van der Waals surface area contributed by atoms with Crippen molar-refractivity contribution >= 4 is 16.9 Å². The SMILES string of the molecule is Cc1noc(C)c1-c1ccc2c(c1)Cc1cccc(c1)CN(C(=O)c1oc3c(F)cccc3c1C)CCOCCO2. The summed E-state index contributed by atoms with van der Waals surface area (Å²) in [6.45, 7) is 7.39. The predicted octanol–water partition coefficient (Wildman–Crippen LogP) is 6.79. The van der Waals surface area contributed by atoms with Crippen molar-refractivity contribution in [3.8, 4) is 16.9 Å².